The van der Waals surface area contributed by atoms with E-state index in [1.54, 1.807) is 0 Å². The number of rotatable bonds is 6. The van der Waals surface area contributed by atoms with Crippen LogP contribution in [0.4, 0.5) is 0 Å². The average Bonchev–Trinajstić information content (AvgIpc) is 2.15. The lowest BCUT2D eigenvalue weighted by molar-refractivity contribution is 0.248. The third-order valence-corrected chi connectivity index (χ3v) is 2.50. The summed E-state index contributed by atoms with van der Waals surface area (Å²) >= 11 is 0. The molecule has 0 bridgehead atoms. The van der Waals surface area contributed by atoms with Crippen molar-refractivity contribution in [2.24, 2.45) is 16.1 Å². The van der Waals surface area contributed by atoms with Crippen LogP contribution in [0.1, 0.15) is 27.7 Å². The fourth-order valence-corrected chi connectivity index (χ4v) is 1.85. The first kappa shape index (κ1) is 15.2. The Morgan fingerprint density at radius 1 is 1.19 bits per heavy atom. The van der Waals surface area contributed by atoms with E-state index in [9.17, 15) is 0 Å². The van der Waals surface area contributed by atoms with E-state index in [-0.39, 0.29) is 5.41 Å². The molecule has 96 valence electrons. The molecule has 4 heteroatoms. The van der Waals surface area contributed by atoms with Crippen molar-refractivity contribution in [2.45, 2.75) is 27.7 Å². The molecule has 2 N–H and O–H groups in total. The maximum Gasteiger partial charge on any atom is 0.191 e. The van der Waals surface area contributed by atoms with Gasteiger partial charge in [0.05, 0.1) is 0 Å². The number of nitrogens with two attached hydrogens (primary N) is 1. The van der Waals surface area contributed by atoms with Crippen molar-refractivity contribution >= 4 is 5.96 Å². The molecule has 0 heterocycles. The zero-order valence-electron chi connectivity index (χ0n) is 11.7. The minimum absolute atomic E-state index is 0.168. The highest BCUT2D eigenvalue weighted by Crippen LogP contribution is 2.16. The molecule has 0 saturated carbocycles. The lowest BCUT2D eigenvalue weighted by Crippen LogP contribution is -2.38. The molecule has 0 aromatic heterocycles. The SMILES string of the molecule is CCN(CC)C(N)=NCC(C)(C)CN(C)C. The van der Waals surface area contributed by atoms with E-state index in [0.29, 0.717) is 5.96 Å². The van der Waals surface area contributed by atoms with Crippen molar-refractivity contribution in [3.8, 4) is 0 Å². The maximum atomic E-state index is 5.94. The molecule has 0 unspecified atom stereocenters. The largest absolute Gasteiger partial charge is 0.370 e. The zero-order chi connectivity index (χ0) is 12.8. The Morgan fingerprint density at radius 3 is 2.06 bits per heavy atom. The van der Waals surface area contributed by atoms with E-state index < -0.39 is 0 Å². The van der Waals surface area contributed by atoms with Crippen LogP contribution in [0.3, 0.4) is 0 Å². The number of guanidine groups is 1. The van der Waals surface area contributed by atoms with Gasteiger partial charge in [-0.25, -0.2) is 0 Å². The standard InChI is InChI=1S/C12H28N4/c1-7-16(8-2)11(13)14-9-12(3,4)10-15(5)6/h7-10H2,1-6H3,(H2,13,14). The maximum absolute atomic E-state index is 5.94. The van der Waals surface area contributed by atoms with Gasteiger partial charge in [-0.2, -0.15) is 0 Å². The predicted molar refractivity (Wildman–Crippen MR) is 71.7 cm³/mol. The highest BCUT2D eigenvalue weighted by molar-refractivity contribution is 5.78. The smallest absolute Gasteiger partial charge is 0.191 e. The van der Waals surface area contributed by atoms with Gasteiger partial charge in [0.15, 0.2) is 5.96 Å². The fraction of sp³-hybridized carbons (Fsp3) is 0.917. The lowest BCUT2D eigenvalue weighted by Gasteiger charge is -2.27. The summed E-state index contributed by atoms with van der Waals surface area (Å²) in [5.74, 6) is 0.664. The molecular formula is C12H28N4. The van der Waals surface area contributed by atoms with Gasteiger partial charge in [-0.05, 0) is 33.4 Å². The molecule has 16 heavy (non-hydrogen) atoms. The predicted octanol–water partition coefficient (Wildman–Crippen LogP) is 1.23. The second-order valence-corrected chi connectivity index (χ2v) is 5.25. The average molecular weight is 228 g/mol. The first-order valence-electron chi connectivity index (χ1n) is 6.02. The normalized spacial score (nSPS) is 13.3. The number of hydrogen-bond donors (Lipinski definition) is 1. The molecule has 0 amide bonds. The van der Waals surface area contributed by atoms with Crippen molar-refractivity contribution in [2.75, 3.05) is 40.3 Å². The summed E-state index contributed by atoms with van der Waals surface area (Å²) in [4.78, 5) is 8.74. The lowest BCUT2D eigenvalue weighted by atomic mass is 9.93. The second-order valence-electron chi connectivity index (χ2n) is 5.25. The van der Waals surface area contributed by atoms with Crippen LogP contribution in [0.5, 0.6) is 0 Å². The first-order chi connectivity index (χ1) is 7.32. The van der Waals surface area contributed by atoms with Crippen molar-refractivity contribution in [3.63, 3.8) is 0 Å². The summed E-state index contributed by atoms with van der Waals surface area (Å²) in [6.07, 6.45) is 0. The Balaban J connectivity index is 4.33. The first-order valence-corrected chi connectivity index (χ1v) is 6.02. The van der Waals surface area contributed by atoms with Crippen molar-refractivity contribution < 1.29 is 0 Å². The van der Waals surface area contributed by atoms with Gasteiger partial charge >= 0.3 is 0 Å². The van der Waals surface area contributed by atoms with Crippen LogP contribution in [0, 0.1) is 5.41 Å². The van der Waals surface area contributed by atoms with Gasteiger partial charge in [0.25, 0.3) is 0 Å². The molecule has 0 aliphatic heterocycles. The van der Waals surface area contributed by atoms with Crippen LogP contribution in [-0.4, -0.2) is 56.0 Å². The molecule has 4 nitrogen and oxygen atoms in total. The second kappa shape index (κ2) is 6.74. The van der Waals surface area contributed by atoms with Crippen LogP contribution in [0.15, 0.2) is 4.99 Å². The Morgan fingerprint density at radius 2 is 1.69 bits per heavy atom. The highest BCUT2D eigenvalue weighted by Gasteiger charge is 2.18. The number of aliphatic imine (C=N–C) groups is 1. The van der Waals surface area contributed by atoms with Gasteiger partial charge in [-0.15, -0.1) is 0 Å². The summed E-state index contributed by atoms with van der Waals surface area (Å²) in [6, 6.07) is 0. The van der Waals surface area contributed by atoms with Crippen LogP contribution in [0.25, 0.3) is 0 Å². The van der Waals surface area contributed by atoms with E-state index in [1.165, 1.54) is 0 Å². The molecule has 0 radical (unpaired) electrons. The molecular weight excluding hydrogens is 200 g/mol. The molecule has 0 atom stereocenters. The Kier molecular flexibility index (Phi) is 6.41. The van der Waals surface area contributed by atoms with Crippen LogP contribution < -0.4 is 5.73 Å². The van der Waals surface area contributed by atoms with Crippen molar-refractivity contribution in [1.82, 2.24) is 9.80 Å². The summed E-state index contributed by atoms with van der Waals surface area (Å²) in [5.41, 5.74) is 6.11. The van der Waals surface area contributed by atoms with Gasteiger partial charge in [0.1, 0.15) is 0 Å². The summed E-state index contributed by atoms with van der Waals surface area (Å²) in [5, 5.41) is 0. The Bertz CT molecular complexity index is 217. The Labute approximate surface area is 101 Å². The minimum Gasteiger partial charge on any atom is -0.370 e. The van der Waals surface area contributed by atoms with Gasteiger partial charge in [0, 0.05) is 26.2 Å². The minimum atomic E-state index is 0.168. The van der Waals surface area contributed by atoms with E-state index in [1.807, 2.05) is 0 Å². The summed E-state index contributed by atoms with van der Waals surface area (Å²) < 4.78 is 0. The Hall–Kier alpha value is -0.770. The quantitative estimate of drug-likeness (QED) is 0.549. The number of nitrogens with zero attached hydrogens (tertiary/aromatic N) is 3. The van der Waals surface area contributed by atoms with Crippen LogP contribution in [-0.2, 0) is 0 Å². The van der Waals surface area contributed by atoms with E-state index >= 15 is 0 Å². The van der Waals surface area contributed by atoms with Crippen molar-refractivity contribution in [1.29, 1.82) is 0 Å². The molecule has 0 aliphatic rings. The molecule has 0 aliphatic carbocycles. The highest BCUT2D eigenvalue weighted by atomic mass is 15.2. The van der Waals surface area contributed by atoms with Gasteiger partial charge in [0.2, 0.25) is 0 Å². The third kappa shape index (κ3) is 5.95. The van der Waals surface area contributed by atoms with E-state index in [2.05, 4.69) is 56.6 Å². The van der Waals surface area contributed by atoms with Crippen LogP contribution >= 0.6 is 0 Å². The summed E-state index contributed by atoms with van der Waals surface area (Å²) in [7, 11) is 4.17. The molecule has 0 spiro atoms. The number of hydrogen-bond acceptors (Lipinski definition) is 2. The molecule has 0 fully saturated rings. The fourth-order valence-electron chi connectivity index (χ4n) is 1.85. The zero-order valence-corrected chi connectivity index (χ0v) is 11.7. The third-order valence-electron chi connectivity index (χ3n) is 2.50. The monoisotopic (exact) mass is 228 g/mol. The summed E-state index contributed by atoms with van der Waals surface area (Å²) in [6.45, 7) is 12.2. The molecule has 0 aromatic rings. The molecule has 0 rings (SSSR count). The van der Waals surface area contributed by atoms with E-state index in [0.717, 1.165) is 26.2 Å². The molecule has 0 aromatic carbocycles. The van der Waals surface area contributed by atoms with E-state index in [4.69, 9.17) is 5.73 Å². The van der Waals surface area contributed by atoms with Crippen LogP contribution in [0.2, 0.25) is 0 Å². The van der Waals surface area contributed by atoms with Crippen molar-refractivity contribution in [3.05, 3.63) is 0 Å². The topological polar surface area (TPSA) is 44.9 Å². The van der Waals surface area contributed by atoms with Gasteiger partial charge in [-0.1, -0.05) is 13.8 Å². The van der Waals surface area contributed by atoms with Gasteiger partial charge in [-0.3, -0.25) is 4.99 Å². The van der Waals surface area contributed by atoms with Gasteiger partial charge < -0.3 is 15.5 Å². The molecule has 0 saturated heterocycles.